The second-order valence-corrected chi connectivity index (χ2v) is 5.04. The molecule has 2 heterocycles. The maximum atomic E-state index is 13.5. The quantitative estimate of drug-likeness (QED) is 0.826. The average molecular weight is 250 g/mol. The van der Waals surface area contributed by atoms with Gasteiger partial charge in [0.05, 0.1) is 11.8 Å². The molecular weight excluding hydrogens is 231 g/mol. The molecule has 1 aliphatic rings. The van der Waals surface area contributed by atoms with Gasteiger partial charge < -0.3 is 4.90 Å². The number of amides is 1. The van der Waals surface area contributed by atoms with Gasteiger partial charge in [0.2, 0.25) is 0 Å². The van der Waals surface area contributed by atoms with Crippen LogP contribution < -0.4 is 0 Å². The zero-order valence-corrected chi connectivity index (χ0v) is 10.9. The fourth-order valence-electron chi connectivity index (χ4n) is 2.65. The normalized spacial score (nSPS) is 18.1. The third-order valence-corrected chi connectivity index (χ3v) is 4.23. The van der Waals surface area contributed by atoms with Gasteiger partial charge in [-0.2, -0.15) is 0 Å². The minimum Gasteiger partial charge on any atom is -0.338 e. The number of halogens is 1. The topological polar surface area (TPSA) is 33.2 Å². The second kappa shape index (κ2) is 5.04. The molecule has 0 aromatic carbocycles. The summed E-state index contributed by atoms with van der Waals surface area (Å²) in [4.78, 5) is 17.7. The van der Waals surface area contributed by atoms with Crippen molar-refractivity contribution in [3.63, 3.8) is 0 Å². The van der Waals surface area contributed by atoms with E-state index in [1.807, 2.05) is 0 Å². The minimum atomic E-state index is -0.534. The van der Waals surface area contributed by atoms with Crippen LogP contribution in [0, 0.1) is 11.2 Å². The van der Waals surface area contributed by atoms with Crippen molar-refractivity contribution in [2.24, 2.45) is 5.41 Å². The summed E-state index contributed by atoms with van der Waals surface area (Å²) in [5, 5.41) is 0. The monoisotopic (exact) mass is 250 g/mol. The van der Waals surface area contributed by atoms with E-state index in [0.29, 0.717) is 0 Å². The highest BCUT2D eigenvalue weighted by atomic mass is 19.1. The molecule has 18 heavy (non-hydrogen) atoms. The SMILES string of the molecule is CCC1(CC)CCN(C(=O)c2ccncc2F)C1. The van der Waals surface area contributed by atoms with E-state index >= 15 is 0 Å². The third kappa shape index (κ3) is 2.24. The van der Waals surface area contributed by atoms with Crippen molar-refractivity contribution < 1.29 is 9.18 Å². The molecule has 1 aromatic rings. The molecule has 0 aliphatic carbocycles. The average Bonchev–Trinajstić information content (AvgIpc) is 2.84. The molecular formula is C14H19FN2O. The Bertz CT molecular complexity index is 443. The van der Waals surface area contributed by atoms with Crippen molar-refractivity contribution in [1.29, 1.82) is 0 Å². The van der Waals surface area contributed by atoms with Gasteiger partial charge >= 0.3 is 0 Å². The summed E-state index contributed by atoms with van der Waals surface area (Å²) in [6, 6.07) is 1.45. The number of aromatic nitrogens is 1. The van der Waals surface area contributed by atoms with Crippen LogP contribution in [0.2, 0.25) is 0 Å². The molecule has 1 amide bonds. The molecule has 0 atom stereocenters. The lowest BCUT2D eigenvalue weighted by molar-refractivity contribution is 0.0765. The van der Waals surface area contributed by atoms with Crippen LogP contribution in [-0.2, 0) is 0 Å². The number of likely N-dealkylation sites (tertiary alicyclic amines) is 1. The summed E-state index contributed by atoms with van der Waals surface area (Å²) >= 11 is 0. The zero-order chi connectivity index (χ0) is 13.2. The lowest BCUT2D eigenvalue weighted by atomic mass is 9.82. The Balaban J connectivity index is 2.15. The molecule has 0 radical (unpaired) electrons. The first kappa shape index (κ1) is 13.0. The Morgan fingerprint density at radius 3 is 2.78 bits per heavy atom. The minimum absolute atomic E-state index is 0.132. The summed E-state index contributed by atoms with van der Waals surface area (Å²) in [5.74, 6) is -0.744. The Morgan fingerprint density at radius 2 is 2.22 bits per heavy atom. The second-order valence-electron chi connectivity index (χ2n) is 5.04. The highest BCUT2D eigenvalue weighted by molar-refractivity contribution is 5.94. The first-order chi connectivity index (χ1) is 8.62. The molecule has 98 valence electrons. The molecule has 1 fully saturated rings. The van der Waals surface area contributed by atoms with Gasteiger partial charge in [0, 0.05) is 19.3 Å². The maximum absolute atomic E-state index is 13.5. The first-order valence-corrected chi connectivity index (χ1v) is 6.50. The number of nitrogens with zero attached hydrogens (tertiary/aromatic N) is 2. The van der Waals surface area contributed by atoms with E-state index in [2.05, 4.69) is 18.8 Å². The van der Waals surface area contributed by atoms with Gasteiger partial charge in [-0.25, -0.2) is 4.39 Å². The van der Waals surface area contributed by atoms with E-state index < -0.39 is 5.82 Å². The Labute approximate surface area is 107 Å². The molecule has 3 nitrogen and oxygen atoms in total. The highest BCUT2D eigenvalue weighted by Crippen LogP contribution is 2.37. The molecule has 0 spiro atoms. The molecule has 0 saturated carbocycles. The van der Waals surface area contributed by atoms with E-state index in [1.165, 1.54) is 12.3 Å². The van der Waals surface area contributed by atoms with Crippen LogP contribution in [0.1, 0.15) is 43.5 Å². The van der Waals surface area contributed by atoms with Crippen LogP contribution in [-0.4, -0.2) is 28.9 Å². The molecule has 1 aromatic heterocycles. The summed E-state index contributed by atoms with van der Waals surface area (Å²) in [7, 11) is 0. The number of carbonyl (C=O) groups excluding carboxylic acids is 1. The highest BCUT2D eigenvalue weighted by Gasteiger charge is 2.37. The Morgan fingerprint density at radius 1 is 1.50 bits per heavy atom. The lowest BCUT2D eigenvalue weighted by Gasteiger charge is -2.26. The van der Waals surface area contributed by atoms with Crippen molar-refractivity contribution in [3.8, 4) is 0 Å². The Kier molecular flexibility index (Phi) is 3.64. The molecule has 1 saturated heterocycles. The lowest BCUT2D eigenvalue weighted by Crippen LogP contribution is -2.32. The summed E-state index contributed by atoms with van der Waals surface area (Å²) in [6.07, 6.45) is 5.69. The largest absolute Gasteiger partial charge is 0.338 e. The number of carbonyl (C=O) groups is 1. The standard InChI is InChI=1S/C14H19FN2O/c1-3-14(4-2)6-8-17(10-14)13(18)11-5-7-16-9-12(11)15/h5,7,9H,3-4,6,8,10H2,1-2H3. The van der Waals surface area contributed by atoms with Crippen molar-refractivity contribution in [1.82, 2.24) is 9.88 Å². The van der Waals surface area contributed by atoms with Crippen molar-refractivity contribution in [2.45, 2.75) is 33.1 Å². The van der Waals surface area contributed by atoms with Gasteiger partial charge in [-0.05, 0) is 30.7 Å². The van der Waals surface area contributed by atoms with Crippen LogP contribution in [0.4, 0.5) is 4.39 Å². The summed E-state index contributed by atoms with van der Waals surface area (Å²) in [6.45, 7) is 5.78. The van der Waals surface area contributed by atoms with Crippen LogP contribution in [0.15, 0.2) is 18.5 Å². The van der Waals surface area contributed by atoms with Crippen molar-refractivity contribution in [3.05, 3.63) is 29.8 Å². The smallest absolute Gasteiger partial charge is 0.256 e. The van der Waals surface area contributed by atoms with Crippen molar-refractivity contribution >= 4 is 5.91 Å². The molecule has 0 bridgehead atoms. The van der Waals surface area contributed by atoms with E-state index in [9.17, 15) is 9.18 Å². The molecule has 4 heteroatoms. The van der Waals surface area contributed by atoms with Crippen molar-refractivity contribution in [2.75, 3.05) is 13.1 Å². The van der Waals surface area contributed by atoms with Crippen LogP contribution >= 0.6 is 0 Å². The zero-order valence-electron chi connectivity index (χ0n) is 10.9. The van der Waals surface area contributed by atoms with E-state index in [1.54, 1.807) is 4.90 Å². The van der Waals surface area contributed by atoms with Gasteiger partial charge in [-0.1, -0.05) is 13.8 Å². The maximum Gasteiger partial charge on any atom is 0.256 e. The summed E-state index contributed by atoms with van der Waals surface area (Å²) in [5.41, 5.74) is 0.354. The molecule has 0 unspecified atom stereocenters. The predicted molar refractivity (Wildman–Crippen MR) is 67.7 cm³/mol. The number of hydrogen-bond donors (Lipinski definition) is 0. The van der Waals surface area contributed by atoms with E-state index in [0.717, 1.165) is 38.5 Å². The van der Waals surface area contributed by atoms with Crippen LogP contribution in [0.25, 0.3) is 0 Å². The van der Waals surface area contributed by atoms with Crippen LogP contribution in [0.3, 0.4) is 0 Å². The number of hydrogen-bond acceptors (Lipinski definition) is 2. The first-order valence-electron chi connectivity index (χ1n) is 6.50. The van der Waals surface area contributed by atoms with Gasteiger partial charge in [0.1, 0.15) is 0 Å². The Hall–Kier alpha value is -1.45. The fourth-order valence-corrected chi connectivity index (χ4v) is 2.65. The third-order valence-electron chi connectivity index (χ3n) is 4.23. The predicted octanol–water partition coefficient (Wildman–Crippen LogP) is 2.87. The fraction of sp³-hybridized carbons (Fsp3) is 0.571. The summed E-state index contributed by atoms with van der Waals surface area (Å²) < 4.78 is 13.5. The van der Waals surface area contributed by atoms with Crippen LogP contribution in [0.5, 0.6) is 0 Å². The van der Waals surface area contributed by atoms with Gasteiger partial charge in [0.25, 0.3) is 5.91 Å². The van der Waals surface area contributed by atoms with E-state index in [4.69, 9.17) is 0 Å². The molecule has 2 rings (SSSR count). The number of rotatable bonds is 3. The van der Waals surface area contributed by atoms with E-state index in [-0.39, 0.29) is 16.9 Å². The molecule has 1 aliphatic heterocycles. The van der Waals surface area contributed by atoms with Gasteiger partial charge in [0.15, 0.2) is 5.82 Å². The number of pyridine rings is 1. The molecule has 0 N–H and O–H groups in total. The van der Waals surface area contributed by atoms with Gasteiger partial charge in [-0.15, -0.1) is 0 Å². The van der Waals surface area contributed by atoms with Gasteiger partial charge in [-0.3, -0.25) is 9.78 Å².